The molecule has 1 aromatic carbocycles. The van der Waals surface area contributed by atoms with Gasteiger partial charge in [0, 0.05) is 43.2 Å². The van der Waals surface area contributed by atoms with Gasteiger partial charge in [0.2, 0.25) is 0 Å². The van der Waals surface area contributed by atoms with Crippen LogP contribution in [-0.4, -0.2) is 37.6 Å². The van der Waals surface area contributed by atoms with Gasteiger partial charge < -0.3 is 10.6 Å². The van der Waals surface area contributed by atoms with Crippen LogP contribution in [0, 0.1) is 5.92 Å². The zero-order valence-electron chi connectivity index (χ0n) is 12.8. The summed E-state index contributed by atoms with van der Waals surface area (Å²) in [6.45, 7) is 12.3. The second kappa shape index (κ2) is 6.92. The number of anilines is 1. The highest BCUT2D eigenvalue weighted by Gasteiger charge is 2.19. The summed E-state index contributed by atoms with van der Waals surface area (Å²) in [5.41, 5.74) is 8.40. The van der Waals surface area contributed by atoms with Crippen LogP contribution < -0.4 is 10.6 Å². The minimum Gasteiger partial charge on any atom is -0.368 e. The Morgan fingerprint density at radius 3 is 2.30 bits per heavy atom. The summed E-state index contributed by atoms with van der Waals surface area (Å²) >= 11 is 3.70. The zero-order chi connectivity index (χ0) is 14.7. The van der Waals surface area contributed by atoms with Gasteiger partial charge in [0.15, 0.2) is 0 Å². The monoisotopic (exact) mass is 339 g/mol. The van der Waals surface area contributed by atoms with Crippen LogP contribution in [0.5, 0.6) is 0 Å². The number of nitrogens with two attached hydrogens (primary N) is 1. The molecular formula is C16H26BrN3. The van der Waals surface area contributed by atoms with Crippen LogP contribution >= 0.6 is 15.9 Å². The minimum absolute atomic E-state index is 0.0863. The number of halogens is 1. The van der Waals surface area contributed by atoms with Gasteiger partial charge in [-0.15, -0.1) is 0 Å². The van der Waals surface area contributed by atoms with E-state index in [9.17, 15) is 0 Å². The van der Waals surface area contributed by atoms with Gasteiger partial charge in [-0.2, -0.15) is 0 Å². The molecule has 1 fully saturated rings. The first-order valence-electron chi connectivity index (χ1n) is 7.49. The van der Waals surface area contributed by atoms with Crippen molar-refractivity contribution in [2.45, 2.75) is 26.8 Å². The van der Waals surface area contributed by atoms with Gasteiger partial charge in [0.25, 0.3) is 0 Å². The third-order valence-corrected chi connectivity index (χ3v) is 4.47. The van der Waals surface area contributed by atoms with E-state index in [0.29, 0.717) is 0 Å². The van der Waals surface area contributed by atoms with E-state index in [1.54, 1.807) is 0 Å². The van der Waals surface area contributed by atoms with E-state index in [4.69, 9.17) is 5.73 Å². The molecule has 2 rings (SSSR count). The molecule has 0 amide bonds. The lowest BCUT2D eigenvalue weighted by Crippen LogP contribution is -2.47. The van der Waals surface area contributed by atoms with E-state index in [-0.39, 0.29) is 6.04 Å². The number of piperazine rings is 1. The molecule has 1 heterocycles. The highest BCUT2D eigenvalue weighted by atomic mass is 79.9. The van der Waals surface area contributed by atoms with Gasteiger partial charge in [-0.1, -0.05) is 19.9 Å². The predicted molar refractivity (Wildman–Crippen MR) is 90.2 cm³/mol. The maximum atomic E-state index is 5.93. The first-order chi connectivity index (χ1) is 9.47. The molecule has 112 valence electrons. The molecule has 20 heavy (non-hydrogen) atoms. The van der Waals surface area contributed by atoms with E-state index in [1.165, 1.54) is 17.8 Å². The molecule has 0 aromatic heterocycles. The molecule has 0 bridgehead atoms. The fourth-order valence-corrected chi connectivity index (χ4v) is 3.40. The van der Waals surface area contributed by atoms with Crippen LogP contribution in [-0.2, 0) is 0 Å². The number of rotatable bonds is 4. The maximum absolute atomic E-state index is 5.93. The van der Waals surface area contributed by atoms with Crippen molar-refractivity contribution in [2.24, 2.45) is 11.7 Å². The van der Waals surface area contributed by atoms with Crippen molar-refractivity contribution < 1.29 is 0 Å². The smallest absolute Gasteiger partial charge is 0.0511 e. The lowest BCUT2D eigenvalue weighted by Gasteiger charge is -2.37. The summed E-state index contributed by atoms with van der Waals surface area (Å²) in [6, 6.07) is 6.58. The van der Waals surface area contributed by atoms with Gasteiger partial charge in [0.1, 0.15) is 0 Å². The van der Waals surface area contributed by atoms with Gasteiger partial charge in [-0.25, -0.2) is 0 Å². The Hall–Kier alpha value is -0.580. The third-order valence-electron chi connectivity index (χ3n) is 3.83. The summed E-state index contributed by atoms with van der Waals surface area (Å²) in [7, 11) is 0. The first-order valence-corrected chi connectivity index (χ1v) is 8.29. The van der Waals surface area contributed by atoms with Crippen molar-refractivity contribution in [3.63, 3.8) is 0 Å². The summed E-state index contributed by atoms with van der Waals surface area (Å²) in [5.74, 6) is 0.749. The Bertz CT molecular complexity index is 437. The molecule has 1 unspecified atom stereocenters. The molecule has 4 heteroatoms. The van der Waals surface area contributed by atoms with Crippen molar-refractivity contribution in [2.75, 3.05) is 37.6 Å². The average Bonchev–Trinajstić information content (AvgIpc) is 2.39. The van der Waals surface area contributed by atoms with E-state index < -0.39 is 0 Å². The minimum atomic E-state index is 0.0863. The zero-order valence-corrected chi connectivity index (χ0v) is 14.4. The molecule has 0 radical (unpaired) electrons. The van der Waals surface area contributed by atoms with Crippen molar-refractivity contribution >= 4 is 21.6 Å². The molecule has 0 spiro atoms. The lowest BCUT2D eigenvalue weighted by atomic mass is 10.1. The van der Waals surface area contributed by atoms with Gasteiger partial charge in [0.05, 0.1) is 5.69 Å². The average molecular weight is 340 g/mol. The number of hydrogen-bond donors (Lipinski definition) is 1. The molecule has 1 saturated heterocycles. The molecule has 1 aliphatic heterocycles. The maximum Gasteiger partial charge on any atom is 0.0511 e. The van der Waals surface area contributed by atoms with E-state index in [2.05, 4.69) is 57.8 Å². The van der Waals surface area contributed by atoms with Crippen LogP contribution in [0.3, 0.4) is 0 Å². The quantitative estimate of drug-likeness (QED) is 0.913. The second-order valence-electron chi connectivity index (χ2n) is 6.18. The van der Waals surface area contributed by atoms with Crippen LogP contribution in [0.25, 0.3) is 0 Å². The number of nitrogens with zero attached hydrogens (tertiary/aromatic N) is 2. The van der Waals surface area contributed by atoms with Crippen molar-refractivity contribution in [3.05, 3.63) is 28.2 Å². The van der Waals surface area contributed by atoms with E-state index in [1.807, 2.05) is 6.92 Å². The largest absolute Gasteiger partial charge is 0.368 e. The SMILES string of the molecule is CC(C)CN1CCN(c2ccc(C(C)N)cc2Br)CC1. The molecule has 1 aromatic rings. The molecular weight excluding hydrogens is 314 g/mol. The van der Waals surface area contributed by atoms with Crippen molar-refractivity contribution in [1.29, 1.82) is 0 Å². The van der Waals surface area contributed by atoms with Gasteiger partial charge in [-0.3, -0.25) is 4.90 Å². The Kier molecular flexibility index (Phi) is 5.47. The van der Waals surface area contributed by atoms with Gasteiger partial charge in [-0.05, 0) is 46.5 Å². The third kappa shape index (κ3) is 3.96. The second-order valence-corrected chi connectivity index (χ2v) is 7.04. The van der Waals surface area contributed by atoms with Crippen LogP contribution in [0.15, 0.2) is 22.7 Å². The Balaban J connectivity index is 2.00. The van der Waals surface area contributed by atoms with Gasteiger partial charge >= 0.3 is 0 Å². The lowest BCUT2D eigenvalue weighted by molar-refractivity contribution is 0.231. The molecule has 1 aliphatic rings. The molecule has 0 saturated carbocycles. The predicted octanol–water partition coefficient (Wildman–Crippen LogP) is 3.25. The Morgan fingerprint density at radius 2 is 1.80 bits per heavy atom. The van der Waals surface area contributed by atoms with Crippen molar-refractivity contribution in [3.8, 4) is 0 Å². The Morgan fingerprint density at radius 1 is 1.15 bits per heavy atom. The highest BCUT2D eigenvalue weighted by molar-refractivity contribution is 9.10. The van der Waals surface area contributed by atoms with E-state index in [0.717, 1.165) is 36.6 Å². The van der Waals surface area contributed by atoms with E-state index >= 15 is 0 Å². The van der Waals surface area contributed by atoms with Crippen LogP contribution in [0.1, 0.15) is 32.4 Å². The summed E-state index contributed by atoms with van der Waals surface area (Å²) in [4.78, 5) is 5.03. The number of benzene rings is 1. The normalized spacial score (nSPS) is 18.6. The summed E-state index contributed by atoms with van der Waals surface area (Å²) < 4.78 is 1.16. The first kappa shape index (κ1) is 15.8. The fourth-order valence-electron chi connectivity index (χ4n) is 2.75. The molecule has 0 aliphatic carbocycles. The molecule has 1 atom stereocenters. The molecule has 3 nitrogen and oxygen atoms in total. The van der Waals surface area contributed by atoms with Crippen LogP contribution in [0.4, 0.5) is 5.69 Å². The topological polar surface area (TPSA) is 32.5 Å². The van der Waals surface area contributed by atoms with Crippen molar-refractivity contribution in [1.82, 2.24) is 4.90 Å². The summed E-state index contributed by atoms with van der Waals surface area (Å²) in [5, 5.41) is 0. The van der Waals surface area contributed by atoms with Crippen LogP contribution in [0.2, 0.25) is 0 Å². The summed E-state index contributed by atoms with van der Waals surface area (Å²) in [6.07, 6.45) is 0. The number of hydrogen-bond acceptors (Lipinski definition) is 3. The standard InChI is InChI=1S/C16H26BrN3/c1-12(2)11-19-6-8-20(9-7-19)16-5-4-14(13(3)18)10-15(16)17/h4-5,10,12-13H,6-9,11,18H2,1-3H3. The Labute approximate surface area is 131 Å². The molecule has 2 N–H and O–H groups in total. The fraction of sp³-hybridized carbons (Fsp3) is 0.625. The highest BCUT2D eigenvalue weighted by Crippen LogP contribution is 2.29.